The summed E-state index contributed by atoms with van der Waals surface area (Å²) in [6, 6.07) is 10.4. The van der Waals surface area contributed by atoms with Crippen molar-refractivity contribution in [1.29, 1.82) is 0 Å². The van der Waals surface area contributed by atoms with Crippen LogP contribution in [0.5, 0.6) is 0 Å². The molecule has 0 unspecified atom stereocenters. The van der Waals surface area contributed by atoms with Crippen LogP contribution in [0.1, 0.15) is 44.7 Å². The molecule has 0 atom stereocenters. The maximum Gasteiger partial charge on any atom is 0.416 e. The highest BCUT2D eigenvalue weighted by Gasteiger charge is 2.30. The molecule has 1 aliphatic rings. The molecule has 1 saturated heterocycles. The number of rotatable bonds is 8. The molecule has 2 amide bonds. The van der Waals surface area contributed by atoms with Crippen LogP contribution >= 0.6 is 0 Å². The number of piperidine rings is 1. The molecule has 14 heteroatoms. The zero-order chi connectivity index (χ0) is 29.6. The molecule has 218 valence electrons. The van der Waals surface area contributed by atoms with Crippen LogP contribution in [0.4, 0.5) is 23.7 Å². The summed E-state index contributed by atoms with van der Waals surface area (Å²) in [5, 5.41) is 8.88. The fraction of sp³-hybridized carbons (Fsp3) is 0.423. The molecule has 0 saturated carbocycles. The summed E-state index contributed by atoms with van der Waals surface area (Å²) >= 11 is 0. The van der Waals surface area contributed by atoms with Crippen LogP contribution in [0.25, 0.3) is 0 Å². The Balaban J connectivity index is 1.48. The van der Waals surface area contributed by atoms with E-state index in [1.807, 2.05) is 0 Å². The van der Waals surface area contributed by atoms with Gasteiger partial charge in [-0.3, -0.25) is 4.79 Å². The average Bonchev–Trinajstić information content (AvgIpc) is 2.87. The lowest BCUT2D eigenvalue weighted by atomic mass is 10.1. The van der Waals surface area contributed by atoms with E-state index in [4.69, 9.17) is 9.57 Å². The van der Waals surface area contributed by atoms with Gasteiger partial charge in [-0.2, -0.15) is 17.5 Å². The number of carbonyl (C=O) groups is 2. The van der Waals surface area contributed by atoms with Crippen LogP contribution in [0, 0.1) is 0 Å². The number of nitrogens with one attached hydrogen (secondary N) is 2. The lowest BCUT2D eigenvalue weighted by molar-refractivity contribution is -0.137. The van der Waals surface area contributed by atoms with E-state index in [1.165, 1.54) is 40.7 Å². The fourth-order valence-electron chi connectivity index (χ4n) is 3.64. The van der Waals surface area contributed by atoms with Gasteiger partial charge in [0.15, 0.2) is 0 Å². The number of halogens is 3. The maximum absolute atomic E-state index is 13.0. The minimum atomic E-state index is -4.45. The van der Waals surface area contributed by atoms with Gasteiger partial charge in [-0.05, 0) is 62.7 Å². The van der Waals surface area contributed by atoms with Crippen LogP contribution in [-0.2, 0) is 37.2 Å². The second-order valence-corrected chi connectivity index (χ2v) is 11.9. The van der Waals surface area contributed by atoms with Crippen molar-refractivity contribution < 1.29 is 40.8 Å². The van der Waals surface area contributed by atoms with Gasteiger partial charge in [-0.25, -0.2) is 13.2 Å². The topological polar surface area (TPSA) is 126 Å². The van der Waals surface area contributed by atoms with Crippen molar-refractivity contribution in [3.8, 4) is 0 Å². The predicted octanol–water partition coefficient (Wildman–Crippen LogP) is 4.53. The van der Waals surface area contributed by atoms with Crippen LogP contribution in [0.15, 0.2) is 58.6 Å². The van der Waals surface area contributed by atoms with Gasteiger partial charge in [-0.1, -0.05) is 17.3 Å². The lowest BCUT2D eigenvalue weighted by Gasteiger charge is -2.26. The van der Waals surface area contributed by atoms with Crippen molar-refractivity contribution in [2.75, 3.05) is 25.0 Å². The predicted molar refractivity (Wildman–Crippen MR) is 141 cm³/mol. The van der Waals surface area contributed by atoms with Gasteiger partial charge < -0.3 is 20.2 Å². The number of nitrogens with zero attached hydrogens (tertiary/aromatic N) is 2. The van der Waals surface area contributed by atoms with E-state index in [0.717, 1.165) is 12.1 Å². The van der Waals surface area contributed by atoms with Gasteiger partial charge in [0.1, 0.15) is 18.8 Å². The highest BCUT2D eigenvalue weighted by atomic mass is 32.2. The van der Waals surface area contributed by atoms with Crippen molar-refractivity contribution in [2.24, 2.45) is 5.16 Å². The zero-order valence-corrected chi connectivity index (χ0v) is 23.1. The second kappa shape index (κ2) is 12.7. The first-order valence-electron chi connectivity index (χ1n) is 12.3. The molecule has 2 aromatic carbocycles. The molecule has 2 N–H and O–H groups in total. The number of ether oxygens (including phenoxy) is 1. The Morgan fingerprint density at radius 3 is 2.27 bits per heavy atom. The van der Waals surface area contributed by atoms with Gasteiger partial charge in [0.25, 0.3) is 0 Å². The van der Waals surface area contributed by atoms with E-state index < -0.39 is 39.4 Å². The first-order valence-corrected chi connectivity index (χ1v) is 13.8. The summed E-state index contributed by atoms with van der Waals surface area (Å²) in [4.78, 5) is 29.0. The molecule has 0 aromatic heterocycles. The largest absolute Gasteiger partial charge is 0.444 e. The minimum Gasteiger partial charge on any atom is -0.444 e. The number of sulfonamides is 1. The van der Waals surface area contributed by atoms with Crippen LogP contribution < -0.4 is 10.6 Å². The first kappa shape index (κ1) is 30.9. The number of hydrogen-bond donors (Lipinski definition) is 2. The third-order valence-electron chi connectivity index (χ3n) is 5.55. The van der Waals surface area contributed by atoms with Crippen molar-refractivity contribution in [1.82, 2.24) is 9.62 Å². The van der Waals surface area contributed by atoms with Gasteiger partial charge in [0.05, 0.1) is 16.2 Å². The molecular weight excluding hydrogens is 553 g/mol. The molecule has 1 heterocycles. The van der Waals surface area contributed by atoms with E-state index in [9.17, 15) is 31.2 Å². The maximum atomic E-state index is 13.0. The molecule has 0 bridgehead atoms. The summed E-state index contributed by atoms with van der Waals surface area (Å²) in [7, 11) is -3.81. The zero-order valence-electron chi connectivity index (χ0n) is 22.2. The number of alkyl carbamates (subject to hydrolysis) is 1. The Labute approximate surface area is 230 Å². The lowest BCUT2D eigenvalue weighted by Crippen LogP contribution is -2.38. The van der Waals surface area contributed by atoms with E-state index in [-0.39, 0.29) is 31.1 Å². The van der Waals surface area contributed by atoms with Crippen LogP contribution in [-0.4, -0.2) is 55.7 Å². The van der Waals surface area contributed by atoms with E-state index in [2.05, 4.69) is 15.8 Å². The number of benzene rings is 2. The average molecular weight is 585 g/mol. The number of oxime groups is 1. The highest BCUT2D eigenvalue weighted by Crippen LogP contribution is 2.29. The van der Waals surface area contributed by atoms with Crippen molar-refractivity contribution in [3.63, 3.8) is 0 Å². The molecule has 3 rings (SSSR count). The van der Waals surface area contributed by atoms with Gasteiger partial charge >= 0.3 is 12.3 Å². The number of alkyl halides is 3. The summed E-state index contributed by atoms with van der Waals surface area (Å²) in [6.07, 6.45) is -4.57. The Hall–Kier alpha value is -3.65. The molecular formula is C26H31F3N4O6S. The Bertz CT molecular complexity index is 1330. The van der Waals surface area contributed by atoms with Gasteiger partial charge in [0.2, 0.25) is 15.9 Å². The summed E-state index contributed by atoms with van der Waals surface area (Å²) in [5.74, 6) is -0.514. The molecule has 2 aromatic rings. The third-order valence-corrected chi connectivity index (χ3v) is 7.46. The molecule has 0 spiro atoms. The Morgan fingerprint density at radius 2 is 1.68 bits per heavy atom. The van der Waals surface area contributed by atoms with Gasteiger partial charge in [0, 0.05) is 31.6 Å². The molecule has 10 nitrogen and oxygen atoms in total. The normalized spacial score (nSPS) is 14.8. The van der Waals surface area contributed by atoms with Crippen molar-refractivity contribution >= 4 is 33.4 Å². The summed E-state index contributed by atoms with van der Waals surface area (Å²) in [5.41, 5.74) is -0.200. The number of anilines is 1. The summed E-state index contributed by atoms with van der Waals surface area (Å²) in [6.45, 7) is 4.93. The quantitative estimate of drug-likeness (QED) is 0.440. The molecule has 0 radical (unpaired) electrons. The number of carbonyl (C=O) groups excluding carboxylic acids is 2. The molecule has 1 aliphatic heterocycles. The van der Waals surface area contributed by atoms with E-state index >= 15 is 0 Å². The Morgan fingerprint density at radius 1 is 1.02 bits per heavy atom. The second-order valence-electron chi connectivity index (χ2n) is 9.96. The molecule has 40 heavy (non-hydrogen) atoms. The molecule has 1 fully saturated rings. The highest BCUT2D eigenvalue weighted by molar-refractivity contribution is 7.89. The van der Waals surface area contributed by atoms with Gasteiger partial charge in [-0.15, -0.1) is 0 Å². The van der Waals surface area contributed by atoms with Crippen LogP contribution in [0.2, 0.25) is 0 Å². The van der Waals surface area contributed by atoms with Crippen molar-refractivity contribution in [3.05, 3.63) is 59.7 Å². The van der Waals surface area contributed by atoms with E-state index in [1.54, 1.807) is 20.8 Å². The monoisotopic (exact) mass is 584 g/mol. The summed E-state index contributed by atoms with van der Waals surface area (Å²) < 4.78 is 71.0. The van der Waals surface area contributed by atoms with Crippen LogP contribution in [0.3, 0.4) is 0 Å². The number of amides is 2. The molecule has 0 aliphatic carbocycles. The fourth-order valence-corrected chi connectivity index (χ4v) is 5.08. The first-order chi connectivity index (χ1) is 18.6. The smallest absolute Gasteiger partial charge is 0.416 e. The van der Waals surface area contributed by atoms with E-state index in [0.29, 0.717) is 29.8 Å². The Kier molecular flexibility index (Phi) is 9.79. The standard InChI is InChI=1S/C26H31F3N4O6S/c1-25(2,3)39-24(35)30-16-23(34)31-20-7-9-22(10-8-20)40(36,37)33-13-11-21(12-14-33)32-38-17-18-5-4-6-19(15-18)26(27,28)29/h4-10,15H,11-14,16-17H2,1-3H3,(H,30,35)(H,31,34). The third kappa shape index (κ3) is 9.23. The minimum absolute atomic E-state index is 0.0403. The number of hydrogen-bond acceptors (Lipinski definition) is 7. The van der Waals surface area contributed by atoms with Crippen molar-refractivity contribution in [2.45, 2.75) is 56.9 Å². The SMILES string of the molecule is CC(C)(C)OC(=O)NCC(=O)Nc1ccc(S(=O)(=O)N2CCC(=NOCc3cccc(C(F)(F)F)c3)CC2)cc1.